The molecule has 0 atom stereocenters. The molecular weight excluding hydrogens is 524 g/mol. The molecule has 1 aliphatic rings. The van der Waals surface area contributed by atoms with Gasteiger partial charge in [-0.25, -0.2) is 9.97 Å². The number of alkyl halides is 2. The van der Waals surface area contributed by atoms with Gasteiger partial charge in [0.05, 0.1) is 20.8 Å². The first-order valence-corrected chi connectivity index (χ1v) is 14.1. The summed E-state index contributed by atoms with van der Waals surface area (Å²) in [5, 5.41) is 30.9. The first-order chi connectivity index (χ1) is 18.4. The minimum absolute atomic E-state index is 0.133. The third-order valence-corrected chi connectivity index (χ3v) is 7.52. The number of benzene rings is 1. The summed E-state index contributed by atoms with van der Waals surface area (Å²) in [5.74, 6) is -3.12. The molecule has 4 rings (SSSR count). The molecule has 0 bridgehead atoms. The second-order valence-corrected chi connectivity index (χ2v) is 11.4. The zero-order valence-corrected chi connectivity index (χ0v) is 24.4. The third kappa shape index (κ3) is 8.73. The fraction of sp³-hybridized carbons (Fsp3) is 0.552. The number of anilines is 1. The van der Waals surface area contributed by atoms with Crippen molar-refractivity contribution in [3.8, 4) is 0 Å². The highest BCUT2D eigenvalue weighted by molar-refractivity contribution is 7.18. The number of aliphatic hydroxyl groups is 3. The number of carbonyl (C=O) groups excluding carboxylic acids is 1. The van der Waals surface area contributed by atoms with Crippen molar-refractivity contribution in [1.82, 2.24) is 9.97 Å². The number of hydrogen-bond donors (Lipinski definition) is 4. The van der Waals surface area contributed by atoms with Crippen molar-refractivity contribution in [3.05, 3.63) is 52.3 Å². The van der Waals surface area contributed by atoms with Crippen LogP contribution in [-0.4, -0.2) is 44.9 Å². The SMILES string of the molecule is CC(C)(O)c1cc2nc(C3CCC(CO)CC3)sc2cc1NC(=O)c1cccc(C(C)(F)F)n1.CCC.CO. The van der Waals surface area contributed by atoms with E-state index in [1.165, 1.54) is 24.6 Å². The van der Waals surface area contributed by atoms with Crippen LogP contribution in [0.3, 0.4) is 0 Å². The highest BCUT2D eigenvalue weighted by Gasteiger charge is 2.29. The molecule has 0 unspecified atom stereocenters. The summed E-state index contributed by atoms with van der Waals surface area (Å²) < 4.78 is 28.2. The van der Waals surface area contributed by atoms with Crippen molar-refractivity contribution >= 4 is 33.1 Å². The Morgan fingerprint density at radius 3 is 2.23 bits per heavy atom. The number of pyridine rings is 1. The number of amides is 1. The Morgan fingerprint density at radius 1 is 1.08 bits per heavy atom. The summed E-state index contributed by atoms with van der Waals surface area (Å²) in [7, 11) is 1.00. The Hall–Kier alpha value is -2.53. The number of hydrogen-bond acceptors (Lipinski definition) is 7. The van der Waals surface area contributed by atoms with Crippen LogP contribution in [0.4, 0.5) is 14.5 Å². The highest BCUT2D eigenvalue weighted by Crippen LogP contribution is 2.41. The van der Waals surface area contributed by atoms with E-state index in [0.717, 1.165) is 54.9 Å². The Morgan fingerprint density at radius 2 is 1.69 bits per heavy atom. The zero-order valence-electron chi connectivity index (χ0n) is 23.6. The van der Waals surface area contributed by atoms with Gasteiger partial charge in [0.15, 0.2) is 0 Å². The van der Waals surface area contributed by atoms with Crippen molar-refractivity contribution in [3.63, 3.8) is 0 Å². The third-order valence-electron chi connectivity index (χ3n) is 6.34. The number of carbonyl (C=O) groups is 1. The maximum atomic E-state index is 13.7. The summed E-state index contributed by atoms with van der Waals surface area (Å²) in [4.78, 5) is 21.5. The van der Waals surface area contributed by atoms with Gasteiger partial charge in [0, 0.05) is 37.8 Å². The van der Waals surface area contributed by atoms with Gasteiger partial charge in [0.2, 0.25) is 0 Å². The molecule has 1 aliphatic carbocycles. The number of thiazole rings is 1. The van der Waals surface area contributed by atoms with Gasteiger partial charge in [0.1, 0.15) is 11.4 Å². The molecule has 0 aliphatic heterocycles. The van der Waals surface area contributed by atoms with Crippen LogP contribution in [0.2, 0.25) is 0 Å². The van der Waals surface area contributed by atoms with Gasteiger partial charge in [-0.2, -0.15) is 8.78 Å². The molecule has 10 heteroatoms. The molecule has 7 nitrogen and oxygen atoms in total. The standard InChI is InChI=1S/C25H29F2N3O3S.C3H8.CH4O/c1-24(2,33)16-11-19-20(34-23(30-19)15-9-7-14(13-31)8-10-15)12-18(16)29-22(32)17-5-4-6-21(28-17)25(3,26)27;1-3-2;1-2/h4-6,11-12,14-15,31,33H,7-10,13H2,1-3H3,(H,29,32);3H2,1-2H3;2H,1H3. The smallest absolute Gasteiger partial charge is 0.287 e. The van der Waals surface area contributed by atoms with Crippen LogP contribution in [0.5, 0.6) is 0 Å². The van der Waals surface area contributed by atoms with Gasteiger partial charge in [-0.15, -0.1) is 11.3 Å². The second kappa shape index (κ2) is 14.2. The van der Waals surface area contributed by atoms with Crippen molar-refractivity contribution in [2.45, 2.75) is 84.2 Å². The van der Waals surface area contributed by atoms with E-state index in [4.69, 9.17) is 10.1 Å². The number of rotatable bonds is 6. The van der Waals surface area contributed by atoms with E-state index < -0.39 is 23.1 Å². The molecule has 216 valence electrons. The summed E-state index contributed by atoms with van der Waals surface area (Å²) in [6.45, 7) is 8.43. The van der Waals surface area contributed by atoms with Crippen LogP contribution in [-0.2, 0) is 11.5 Å². The number of aliphatic hydroxyl groups excluding tert-OH is 2. The first kappa shape index (κ1) is 32.7. The molecule has 39 heavy (non-hydrogen) atoms. The molecule has 1 aromatic carbocycles. The molecule has 0 spiro atoms. The Bertz CT molecular complexity index is 1210. The van der Waals surface area contributed by atoms with Gasteiger partial charge in [-0.3, -0.25) is 4.79 Å². The summed E-state index contributed by atoms with van der Waals surface area (Å²) in [6, 6.07) is 7.47. The lowest BCUT2D eigenvalue weighted by atomic mass is 9.83. The zero-order chi connectivity index (χ0) is 29.4. The van der Waals surface area contributed by atoms with Crippen LogP contribution < -0.4 is 5.32 Å². The van der Waals surface area contributed by atoms with Crippen LogP contribution >= 0.6 is 11.3 Å². The maximum absolute atomic E-state index is 13.7. The molecule has 2 aromatic heterocycles. The lowest BCUT2D eigenvalue weighted by Gasteiger charge is -2.25. The van der Waals surface area contributed by atoms with Crippen molar-refractivity contribution in [1.29, 1.82) is 0 Å². The van der Waals surface area contributed by atoms with Gasteiger partial charge < -0.3 is 20.6 Å². The van der Waals surface area contributed by atoms with E-state index in [2.05, 4.69) is 24.1 Å². The molecule has 1 amide bonds. The molecule has 3 aromatic rings. The average Bonchev–Trinajstić information content (AvgIpc) is 3.32. The highest BCUT2D eigenvalue weighted by atomic mass is 32.1. The number of nitrogens with zero attached hydrogens (tertiary/aromatic N) is 2. The van der Waals surface area contributed by atoms with E-state index in [1.54, 1.807) is 37.3 Å². The average molecular weight is 566 g/mol. The summed E-state index contributed by atoms with van der Waals surface area (Å²) in [5.41, 5.74) is -0.283. The maximum Gasteiger partial charge on any atom is 0.287 e. The number of aromatic nitrogens is 2. The van der Waals surface area contributed by atoms with Crippen molar-refractivity contribution < 1.29 is 28.9 Å². The van der Waals surface area contributed by atoms with E-state index in [1.807, 2.05) is 0 Å². The Labute approximate surface area is 233 Å². The lowest BCUT2D eigenvalue weighted by molar-refractivity contribution is 0.0126. The van der Waals surface area contributed by atoms with Crippen LogP contribution in [0, 0.1) is 5.92 Å². The molecule has 4 N–H and O–H groups in total. The van der Waals surface area contributed by atoms with E-state index in [9.17, 15) is 23.8 Å². The van der Waals surface area contributed by atoms with Crippen LogP contribution in [0.15, 0.2) is 30.3 Å². The molecule has 2 heterocycles. The quantitative estimate of drug-likeness (QED) is 0.269. The van der Waals surface area contributed by atoms with Crippen molar-refractivity contribution in [2.75, 3.05) is 19.0 Å². The van der Waals surface area contributed by atoms with Gasteiger partial charge in [-0.1, -0.05) is 26.3 Å². The van der Waals surface area contributed by atoms with E-state index in [0.29, 0.717) is 23.1 Å². The second-order valence-electron chi connectivity index (χ2n) is 10.3. The van der Waals surface area contributed by atoms with Crippen molar-refractivity contribution in [2.24, 2.45) is 5.92 Å². The number of fused-ring (bicyclic) bond motifs is 1. The molecular formula is C29H41F2N3O4S. The Balaban J connectivity index is 0.000000998. The summed E-state index contributed by atoms with van der Waals surface area (Å²) in [6.07, 6.45) is 5.13. The molecule has 1 saturated carbocycles. The normalized spacial score (nSPS) is 17.5. The monoisotopic (exact) mass is 565 g/mol. The van der Waals surface area contributed by atoms with Crippen LogP contribution in [0.25, 0.3) is 10.2 Å². The van der Waals surface area contributed by atoms with Crippen LogP contribution in [0.1, 0.15) is 99.4 Å². The number of halogens is 2. The number of nitrogens with one attached hydrogen (secondary N) is 1. The predicted octanol–water partition coefficient (Wildman–Crippen LogP) is 6.57. The molecule has 0 radical (unpaired) electrons. The minimum Gasteiger partial charge on any atom is -0.400 e. The first-order valence-electron chi connectivity index (χ1n) is 13.3. The van der Waals surface area contributed by atoms with E-state index in [-0.39, 0.29) is 12.3 Å². The van der Waals surface area contributed by atoms with Gasteiger partial charge in [-0.05, 0) is 69.7 Å². The fourth-order valence-electron chi connectivity index (χ4n) is 4.36. The summed E-state index contributed by atoms with van der Waals surface area (Å²) >= 11 is 1.55. The predicted molar refractivity (Wildman–Crippen MR) is 153 cm³/mol. The lowest BCUT2D eigenvalue weighted by Crippen LogP contribution is -2.22. The van der Waals surface area contributed by atoms with Gasteiger partial charge >= 0.3 is 0 Å². The molecule has 1 fully saturated rings. The topological polar surface area (TPSA) is 116 Å². The fourth-order valence-corrected chi connectivity index (χ4v) is 5.52. The Kier molecular flexibility index (Phi) is 11.9. The minimum atomic E-state index is -3.16. The van der Waals surface area contributed by atoms with Gasteiger partial charge in [0.25, 0.3) is 11.8 Å². The molecule has 0 saturated heterocycles. The van der Waals surface area contributed by atoms with E-state index >= 15 is 0 Å². The largest absolute Gasteiger partial charge is 0.400 e.